The van der Waals surface area contributed by atoms with Crippen molar-refractivity contribution in [3.8, 4) is 5.75 Å². The number of benzene rings is 2. The third kappa shape index (κ3) is 3.89. The SMILES string of the molecule is CCOc1ccc(CN2CCC(n3c(=O)oc4ccc(Cl)cc43)CC2)cc1. The van der Waals surface area contributed by atoms with Crippen molar-refractivity contribution in [1.82, 2.24) is 9.47 Å². The van der Waals surface area contributed by atoms with Crippen LogP contribution in [-0.2, 0) is 6.54 Å². The number of aromatic nitrogens is 1. The fourth-order valence-electron chi connectivity index (χ4n) is 3.80. The van der Waals surface area contributed by atoms with Gasteiger partial charge in [0.1, 0.15) is 5.75 Å². The zero-order valence-electron chi connectivity index (χ0n) is 15.4. The molecule has 2 heterocycles. The molecule has 27 heavy (non-hydrogen) atoms. The first-order valence-electron chi connectivity index (χ1n) is 9.38. The molecule has 1 aliphatic rings. The number of halogens is 1. The van der Waals surface area contributed by atoms with Crippen molar-refractivity contribution in [3.05, 3.63) is 63.6 Å². The van der Waals surface area contributed by atoms with Gasteiger partial charge in [0.2, 0.25) is 0 Å². The maximum atomic E-state index is 12.3. The highest BCUT2D eigenvalue weighted by Gasteiger charge is 2.24. The fraction of sp³-hybridized carbons (Fsp3) is 0.381. The van der Waals surface area contributed by atoms with Crippen molar-refractivity contribution in [1.29, 1.82) is 0 Å². The molecule has 3 aromatic rings. The molecule has 1 fully saturated rings. The molecule has 1 saturated heterocycles. The lowest BCUT2D eigenvalue weighted by atomic mass is 10.0. The van der Waals surface area contributed by atoms with Crippen molar-refractivity contribution in [3.63, 3.8) is 0 Å². The van der Waals surface area contributed by atoms with Crippen LogP contribution in [-0.4, -0.2) is 29.2 Å². The predicted octanol–water partition coefficient (Wildman–Crippen LogP) is 4.48. The van der Waals surface area contributed by atoms with Crippen LogP contribution in [0.3, 0.4) is 0 Å². The molecule has 0 spiro atoms. The molecular weight excluding hydrogens is 364 g/mol. The van der Waals surface area contributed by atoms with Gasteiger partial charge in [0, 0.05) is 30.7 Å². The largest absolute Gasteiger partial charge is 0.494 e. The van der Waals surface area contributed by atoms with E-state index in [2.05, 4.69) is 17.0 Å². The smallest absolute Gasteiger partial charge is 0.420 e. The quantitative estimate of drug-likeness (QED) is 0.648. The molecule has 5 nitrogen and oxygen atoms in total. The number of hydrogen-bond acceptors (Lipinski definition) is 4. The van der Waals surface area contributed by atoms with Gasteiger partial charge in [-0.05, 0) is 55.7 Å². The van der Waals surface area contributed by atoms with Gasteiger partial charge < -0.3 is 9.15 Å². The number of rotatable bonds is 5. The van der Waals surface area contributed by atoms with Crippen molar-refractivity contribution >= 4 is 22.7 Å². The van der Waals surface area contributed by atoms with E-state index in [-0.39, 0.29) is 11.8 Å². The van der Waals surface area contributed by atoms with Gasteiger partial charge >= 0.3 is 5.76 Å². The van der Waals surface area contributed by atoms with Gasteiger partial charge in [-0.15, -0.1) is 0 Å². The average molecular weight is 387 g/mol. The molecule has 0 saturated carbocycles. The van der Waals surface area contributed by atoms with Crippen molar-refractivity contribution in [2.75, 3.05) is 19.7 Å². The summed E-state index contributed by atoms with van der Waals surface area (Å²) >= 11 is 6.11. The number of likely N-dealkylation sites (tertiary alicyclic amines) is 1. The maximum Gasteiger partial charge on any atom is 0.420 e. The molecular formula is C21H23ClN2O3. The fourth-order valence-corrected chi connectivity index (χ4v) is 3.97. The Morgan fingerprint density at radius 1 is 1.15 bits per heavy atom. The Labute approximate surface area is 163 Å². The molecule has 0 aliphatic carbocycles. The summed E-state index contributed by atoms with van der Waals surface area (Å²) in [5.74, 6) is 0.613. The molecule has 6 heteroatoms. The monoisotopic (exact) mass is 386 g/mol. The lowest BCUT2D eigenvalue weighted by Crippen LogP contribution is -2.36. The Bertz CT molecular complexity index is 969. The summed E-state index contributed by atoms with van der Waals surface area (Å²) in [6.45, 7) is 5.46. The first-order chi connectivity index (χ1) is 13.1. The highest BCUT2D eigenvalue weighted by Crippen LogP contribution is 2.28. The second-order valence-corrected chi connectivity index (χ2v) is 7.37. The number of oxazole rings is 1. The summed E-state index contributed by atoms with van der Waals surface area (Å²) in [5, 5.41) is 0.616. The van der Waals surface area contributed by atoms with Gasteiger partial charge in [-0.2, -0.15) is 0 Å². The van der Waals surface area contributed by atoms with E-state index in [4.69, 9.17) is 20.8 Å². The first kappa shape index (κ1) is 18.1. The molecule has 2 aromatic carbocycles. The molecule has 4 rings (SSSR count). The minimum Gasteiger partial charge on any atom is -0.494 e. The second kappa shape index (κ2) is 7.79. The Morgan fingerprint density at radius 3 is 2.59 bits per heavy atom. The summed E-state index contributed by atoms with van der Waals surface area (Å²) in [6.07, 6.45) is 1.83. The summed E-state index contributed by atoms with van der Waals surface area (Å²) in [7, 11) is 0. The van der Waals surface area contributed by atoms with E-state index in [1.165, 1.54) is 5.56 Å². The number of piperidine rings is 1. The van der Waals surface area contributed by atoms with Crippen LogP contribution in [0.4, 0.5) is 0 Å². The van der Waals surface area contributed by atoms with Crippen LogP contribution in [0.2, 0.25) is 5.02 Å². The highest BCUT2D eigenvalue weighted by molar-refractivity contribution is 6.31. The molecule has 1 aliphatic heterocycles. The minimum atomic E-state index is -0.294. The molecule has 0 unspecified atom stereocenters. The van der Waals surface area contributed by atoms with E-state index in [1.54, 1.807) is 16.7 Å². The minimum absolute atomic E-state index is 0.147. The molecule has 0 radical (unpaired) electrons. The third-order valence-corrected chi connectivity index (χ3v) is 5.37. The molecule has 0 atom stereocenters. The van der Waals surface area contributed by atoms with Crippen LogP contribution in [0, 0.1) is 0 Å². The first-order valence-corrected chi connectivity index (χ1v) is 9.76. The number of nitrogens with zero attached hydrogens (tertiary/aromatic N) is 2. The van der Waals surface area contributed by atoms with Crippen LogP contribution in [0.25, 0.3) is 11.1 Å². The van der Waals surface area contributed by atoms with E-state index < -0.39 is 0 Å². The average Bonchev–Trinajstić information content (AvgIpc) is 2.99. The maximum absolute atomic E-state index is 12.3. The van der Waals surface area contributed by atoms with Crippen molar-refractivity contribution < 1.29 is 9.15 Å². The van der Waals surface area contributed by atoms with Crippen LogP contribution in [0.15, 0.2) is 51.7 Å². The van der Waals surface area contributed by atoms with Gasteiger partial charge in [-0.3, -0.25) is 9.47 Å². The van der Waals surface area contributed by atoms with Crippen LogP contribution >= 0.6 is 11.6 Å². The highest BCUT2D eigenvalue weighted by atomic mass is 35.5. The molecule has 1 aromatic heterocycles. The van der Waals surface area contributed by atoms with Crippen LogP contribution in [0.5, 0.6) is 5.75 Å². The predicted molar refractivity (Wildman–Crippen MR) is 107 cm³/mol. The number of ether oxygens (including phenoxy) is 1. The third-order valence-electron chi connectivity index (χ3n) is 5.14. The molecule has 142 valence electrons. The van der Waals surface area contributed by atoms with Crippen LogP contribution in [0.1, 0.15) is 31.4 Å². The Balaban J connectivity index is 1.43. The van der Waals surface area contributed by atoms with E-state index >= 15 is 0 Å². The van der Waals surface area contributed by atoms with E-state index in [0.29, 0.717) is 17.2 Å². The summed E-state index contributed by atoms with van der Waals surface area (Å²) < 4.78 is 12.7. The zero-order chi connectivity index (χ0) is 18.8. The molecule has 0 amide bonds. The van der Waals surface area contributed by atoms with Gasteiger partial charge in [-0.1, -0.05) is 23.7 Å². The Morgan fingerprint density at radius 2 is 1.89 bits per heavy atom. The molecule has 0 N–H and O–H groups in total. The van der Waals surface area contributed by atoms with Crippen LogP contribution < -0.4 is 10.5 Å². The Kier molecular flexibility index (Phi) is 5.23. The van der Waals surface area contributed by atoms with E-state index in [0.717, 1.165) is 43.7 Å². The number of fused-ring (bicyclic) bond motifs is 1. The lowest BCUT2D eigenvalue weighted by molar-refractivity contribution is 0.177. The zero-order valence-corrected chi connectivity index (χ0v) is 16.1. The Hall–Kier alpha value is -2.24. The number of hydrogen-bond donors (Lipinski definition) is 0. The van der Waals surface area contributed by atoms with Gasteiger partial charge in [0.15, 0.2) is 5.58 Å². The summed E-state index contributed by atoms with van der Waals surface area (Å²) in [4.78, 5) is 14.8. The topological polar surface area (TPSA) is 47.6 Å². The van der Waals surface area contributed by atoms with Gasteiger partial charge in [0.05, 0.1) is 12.1 Å². The van der Waals surface area contributed by atoms with E-state index in [9.17, 15) is 4.79 Å². The lowest BCUT2D eigenvalue weighted by Gasteiger charge is -2.32. The van der Waals surface area contributed by atoms with Gasteiger partial charge in [0.25, 0.3) is 0 Å². The van der Waals surface area contributed by atoms with Crippen molar-refractivity contribution in [2.45, 2.75) is 32.4 Å². The standard InChI is InChI=1S/C21H23ClN2O3/c1-2-26-18-6-3-15(4-7-18)14-23-11-9-17(10-12-23)24-19-13-16(22)5-8-20(19)27-21(24)25/h3-8,13,17H,2,9-12,14H2,1H3. The summed E-state index contributed by atoms with van der Waals surface area (Å²) in [5.41, 5.74) is 2.66. The second-order valence-electron chi connectivity index (χ2n) is 6.93. The van der Waals surface area contributed by atoms with E-state index in [1.807, 2.05) is 25.1 Å². The normalized spacial score (nSPS) is 16.1. The molecule has 0 bridgehead atoms. The van der Waals surface area contributed by atoms with Crippen molar-refractivity contribution in [2.24, 2.45) is 0 Å². The summed E-state index contributed by atoms with van der Waals surface area (Å²) in [6, 6.07) is 13.7. The van der Waals surface area contributed by atoms with Gasteiger partial charge in [-0.25, -0.2) is 4.79 Å².